The standard InChI is InChI=1S/C23H30N2O2/c1-3-27-22(26)23(15-13-20-10-5-4-6-11-20)14-8-16-25(18-23)17-21-12-7-9-19(2)24-21/h4-7,9-12H,3,8,13-18H2,1-2H3/t23-/m1/s1. The number of carbonyl (C=O) groups excluding carboxylic acids is 1. The molecule has 0 spiro atoms. The molecule has 2 heterocycles. The highest BCUT2D eigenvalue weighted by atomic mass is 16.5. The third kappa shape index (κ3) is 5.16. The first-order chi connectivity index (χ1) is 13.1. The maximum Gasteiger partial charge on any atom is 0.313 e. The molecule has 0 N–H and O–H groups in total. The van der Waals surface area contributed by atoms with Crippen LogP contribution in [-0.2, 0) is 22.5 Å². The summed E-state index contributed by atoms with van der Waals surface area (Å²) in [6.45, 7) is 6.87. The van der Waals surface area contributed by atoms with Crippen LogP contribution in [0.15, 0.2) is 48.5 Å². The summed E-state index contributed by atoms with van der Waals surface area (Å²) in [5.41, 5.74) is 2.95. The fraction of sp³-hybridized carbons (Fsp3) is 0.478. The molecule has 0 amide bonds. The molecule has 0 unspecified atom stereocenters. The fourth-order valence-electron chi connectivity index (χ4n) is 4.06. The van der Waals surface area contributed by atoms with Gasteiger partial charge in [0.2, 0.25) is 0 Å². The minimum absolute atomic E-state index is 0.0390. The molecule has 1 fully saturated rings. The number of likely N-dealkylation sites (tertiary alicyclic amines) is 1. The third-order valence-electron chi connectivity index (χ3n) is 5.43. The van der Waals surface area contributed by atoms with Crippen molar-refractivity contribution in [3.63, 3.8) is 0 Å². The molecule has 3 rings (SSSR count). The molecule has 1 atom stereocenters. The topological polar surface area (TPSA) is 42.4 Å². The number of ether oxygens (including phenoxy) is 1. The van der Waals surface area contributed by atoms with Crippen LogP contribution in [0.2, 0.25) is 0 Å². The van der Waals surface area contributed by atoms with Crippen molar-refractivity contribution >= 4 is 5.97 Å². The molecule has 2 aromatic rings. The molecular formula is C23H30N2O2. The maximum atomic E-state index is 12.9. The lowest BCUT2D eigenvalue weighted by Crippen LogP contribution is -2.48. The number of hydrogen-bond donors (Lipinski definition) is 0. The molecule has 0 radical (unpaired) electrons. The van der Waals surface area contributed by atoms with Gasteiger partial charge in [0.1, 0.15) is 0 Å². The van der Waals surface area contributed by atoms with Crippen LogP contribution in [0.25, 0.3) is 0 Å². The lowest BCUT2D eigenvalue weighted by Gasteiger charge is -2.41. The van der Waals surface area contributed by atoms with Crippen LogP contribution in [0, 0.1) is 12.3 Å². The van der Waals surface area contributed by atoms with Gasteiger partial charge >= 0.3 is 5.97 Å². The first-order valence-electron chi connectivity index (χ1n) is 9.97. The number of aromatic nitrogens is 1. The summed E-state index contributed by atoms with van der Waals surface area (Å²) in [4.78, 5) is 19.9. The van der Waals surface area contributed by atoms with Crippen molar-refractivity contribution in [1.82, 2.24) is 9.88 Å². The number of piperidine rings is 1. The second-order valence-corrected chi connectivity index (χ2v) is 7.57. The summed E-state index contributed by atoms with van der Waals surface area (Å²) in [5.74, 6) is -0.0390. The monoisotopic (exact) mass is 366 g/mol. The van der Waals surface area contributed by atoms with Crippen LogP contribution < -0.4 is 0 Å². The number of carbonyl (C=O) groups is 1. The minimum Gasteiger partial charge on any atom is -0.466 e. The maximum absolute atomic E-state index is 12.9. The van der Waals surface area contributed by atoms with Gasteiger partial charge in [0.05, 0.1) is 17.7 Å². The lowest BCUT2D eigenvalue weighted by molar-refractivity contribution is -0.160. The average molecular weight is 367 g/mol. The average Bonchev–Trinajstić information content (AvgIpc) is 2.68. The first kappa shape index (κ1) is 19.6. The van der Waals surface area contributed by atoms with Crippen LogP contribution in [0.1, 0.15) is 43.1 Å². The second-order valence-electron chi connectivity index (χ2n) is 7.57. The lowest BCUT2D eigenvalue weighted by atomic mass is 9.75. The zero-order valence-electron chi connectivity index (χ0n) is 16.5. The highest BCUT2D eigenvalue weighted by Crippen LogP contribution is 2.36. The third-order valence-corrected chi connectivity index (χ3v) is 5.43. The van der Waals surface area contributed by atoms with Crippen LogP contribution in [0.5, 0.6) is 0 Å². The van der Waals surface area contributed by atoms with E-state index in [-0.39, 0.29) is 5.97 Å². The predicted molar refractivity (Wildman–Crippen MR) is 107 cm³/mol. The fourth-order valence-corrected chi connectivity index (χ4v) is 4.06. The van der Waals surface area contributed by atoms with E-state index in [1.54, 1.807) is 0 Å². The Morgan fingerprint density at radius 1 is 1.19 bits per heavy atom. The summed E-state index contributed by atoms with van der Waals surface area (Å²) in [6.07, 6.45) is 3.64. The molecule has 144 valence electrons. The summed E-state index contributed by atoms with van der Waals surface area (Å²) in [6, 6.07) is 16.6. The van der Waals surface area contributed by atoms with Crippen molar-refractivity contribution in [2.75, 3.05) is 19.7 Å². The number of esters is 1. The van der Waals surface area contributed by atoms with E-state index in [9.17, 15) is 4.79 Å². The largest absolute Gasteiger partial charge is 0.466 e. The van der Waals surface area contributed by atoms with Gasteiger partial charge in [0, 0.05) is 18.8 Å². The highest BCUT2D eigenvalue weighted by Gasteiger charge is 2.43. The van der Waals surface area contributed by atoms with E-state index in [2.05, 4.69) is 46.3 Å². The van der Waals surface area contributed by atoms with Crippen molar-refractivity contribution in [3.05, 3.63) is 65.5 Å². The van der Waals surface area contributed by atoms with Crippen molar-refractivity contribution in [1.29, 1.82) is 0 Å². The Bertz CT molecular complexity index is 747. The van der Waals surface area contributed by atoms with Crippen LogP contribution >= 0.6 is 0 Å². The molecular weight excluding hydrogens is 336 g/mol. The van der Waals surface area contributed by atoms with E-state index in [1.807, 2.05) is 26.0 Å². The van der Waals surface area contributed by atoms with E-state index >= 15 is 0 Å². The van der Waals surface area contributed by atoms with Gasteiger partial charge in [-0.15, -0.1) is 0 Å². The second kappa shape index (κ2) is 9.14. The molecule has 27 heavy (non-hydrogen) atoms. The Balaban J connectivity index is 1.73. The van der Waals surface area contributed by atoms with Crippen molar-refractivity contribution in [2.45, 2.75) is 46.1 Å². The number of pyridine rings is 1. The van der Waals surface area contributed by atoms with Gasteiger partial charge in [-0.25, -0.2) is 0 Å². The Hall–Kier alpha value is -2.20. The summed E-state index contributed by atoms with van der Waals surface area (Å²) in [5, 5.41) is 0. The molecule has 1 aromatic carbocycles. The van der Waals surface area contributed by atoms with Gasteiger partial charge in [-0.2, -0.15) is 0 Å². The first-order valence-corrected chi connectivity index (χ1v) is 9.97. The molecule has 4 nitrogen and oxygen atoms in total. The summed E-state index contributed by atoms with van der Waals surface area (Å²) >= 11 is 0. The summed E-state index contributed by atoms with van der Waals surface area (Å²) < 4.78 is 5.51. The number of benzene rings is 1. The smallest absolute Gasteiger partial charge is 0.313 e. The number of aryl methyl sites for hydroxylation is 2. The highest BCUT2D eigenvalue weighted by molar-refractivity contribution is 5.77. The van der Waals surface area contributed by atoms with Crippen LogP contribution in [-0.4, -0.2) is 35.5 Å². The minimum atomic E-state index is -0.423. The SMILES string of the molecule is CCOC(=O)[C@@]1(CCc2ccccc2)CCCN(Cc2cccc(C)n2)C1. The van der Waals surface area contributed by atoms with Gasteiger partial charge in [-0.1, -0.05) is 36.4 Å². The van der Waals surface area contributed by atoms with Gasteiger partial charge in [-0.3, -0.25) is 14.7 Å². The molecule has 0 aliphatic carbocycles. The van der Waals surface area contributed by atoms with E-state index in [4.69, 9.17) is 4.74 Å². The van der Waals surface area contributed by atoms with Gasteiger partial charge in [0.15, 0.2) is 0 Å². The Kier molecular flexibility index (Phi) is 6.62. The van der Waals surface area contributed by atoms with E-state index in [1.165, 1.54) is 5.56 Å². The van der Waals surface area contributed by atoms with Gasteiger partial charge in [-0.05, 0) is 63.8 Å². The van der Waals surface area contributed by atoms with E-state index < -0.39 is 5.41 Å². The molecule has 1 aliphatic rings. The van der Waals surface area contributed by atoms with Crippen molar-refractivity contribution in [3.8, 4) is 0 Å². The summed E-state index contributed by atoms with van der Waals surface area (Å²) in [7, 11) is 0. The zero-order chi connectivity index (χ0) is 19.1. The number of hydrogen-bond acceptors (Lipinski definition) is 4. The van der Waals surface area contributed by atoms with Gasteiger partial charge < -0.3 is 4.74 Å². The molecule has 1 saturated heterocycles. The Morgan fingerprint density at radius 3 is 2.74 bits per heavy atom. The Morgan fingerprint density at radius 2 is 2.00 bits per heavy atom. The number of nitrogens with zero attached hydrogens (tertiary/aromatic N) is 2. The Labute approximate surface area is 162 Å². The predicted octanol–water partition coefficient (Wildman–Crippen LogP) is 4.17. The number of rotatable bonds is 7. The quantitative estimate of drug-likeness (QED) is 0.690. The molecule has 1 aromatic heterocycles. The van der Waals surface area contributed by atoms with Crippen LogP contribution in [0.3, 0.4) is 0 Å². The molecule has 4 heteroatoms. The van der Waals surface area contributed by atoms with Crippen molar-refractivity contribution < 1.29 is 9.53 Å². The molecule has 1 aliphatic heterocycles. The molecule has 0 saturated carbocycles. The zero-order valence-corrected chi connectivity index (χ0v) is 16.5. The molecule has 0 bridgehead atoms. The van der Waals surface area contributed by atoms with Crippen molar-refractivity contribution in [2.24, 2.45) is 5.41 Å². The van der Waals surface area contributed by atoms with Gasteiger partial charge in [0.25, 0.3) is 0 Å². The van der Waals surface area contributed by atoms with E-state index in [0.717, 1.165) is 56.7 Å². The van der Waals surface area contributed by atoms with Crippen LogP contribution in [0.4, 0.5) is 0 Å². The van der Waals surface area contributed by atoms with E-state index in [0.29, 0.717) is 6.61 Å². The normalized spacial score (nSPS) is 20.4.